The molecular weight excluding hydrogens is 381 g/mol. The van der Waals surface area contributed by atoms with Gasteiger partial charge in [0.1, 0.15) is 0 Å². The van der Waals surface area contributed by atoms with Crippen LogP contribution in [0.1, 0.15) is 35.3 Å². The lowest BCUT2D eigenvalue weighted by Crippen LogP contribution is -2.39. The van der Waals surface area contributed by atoms with E-state index in [1.165, 1.54) is 23.0 Å². The molecule has 1 N–H and O–H groups in total. The zero-order chi connectivity index (χ0) is 18.3. The zero-order valence-corrected chi connectivity index (χ0v) is 15.3. The van der Waals surface area contributed by atoms with Crippen LogP contribution in [0.3, 0.4) is 0 Å². The Morgan fingerprint density at radius 2 is 1.93 bits per heavy atom. The Bertz CT molecular complexity index is 823. The van der Waals surface area contributed by atoms with E-state index in [0.717, 1.165) is 31.4 Å². The van der Waals surface area contributed by atoms with Gasteiger partial charge >= 0.3 is 6.18 Å². The van der Waals surface area contributed by atoms with Crippen molar-refractivity contribution < 1.29 is 18.0 Å². The quantitative estimate of drug-likeness (QED) is 0.841. The van der Waals surface area contributed by atoms with Crippen LogP contribution in [0, 0.1) is 0 Å². The van der Waals surface area contributed by atoms with Gasteiger partial charge in [-0.25, -0.2) is 4.68 Å². The minimum absolute atomic E-state index is 0. The summed E-state index contributed by atoms with van der Waals surface area (Å²) in [5, 5.41) is 7.72. The van der Waals surface area contributed by atoms with Crippen LogP contribution in [-0.4, -0.2) is 45.8 Å². The molecular formula is C18H20ClF3N4O. The third-order valence-electron chi connectivity index (χ3n) is 5.06. The molecule has 146 valence electrons. The number of halogens is 4. The van der Waals surface area contributed by atoms with Gasteiger partial charge in [0.15, 0.2) is 5.69 Å². The Kier molecular flexibility index (Phi) is 5.48. The van der Waals surface area contributed by atoms with Crippen LogP contribution in [0.25, 0.3) is 5.69 Å². The second-order valence-corrected chi connectivity index (χ2v) is 6.87. The Hall–Kier alpha value is -2.06. The van der Waals surface area contributed by atoms with Crippen LogP contribution in [0.4, 0.5) is 13.2 Å². The molecule has 3 heterocycles. The van der Waals surface area contributed by atoms with Crippen molar-refractivity contribution >= 4 is 18.3 Å². The average Bonchev–Trinajstić information content (AvgIpc) is 3.20. The maximum absolute atomic E-state index is 12.9. The van der Waals surface area contributed by atoms with E-state index in [-0.39, 0.29) is 29.7 Å². The molecule has 1 aromatic heterocycles. The molecule has 1 amide bonds. The lowest BCUT2D eigenvalue weighted by Gasteiger charge is -2.23. The van der Waals surface area contributed by atoms with Gasteiger partial charge in [-0.15, -0.1) is 12.4 Å². The van der Waals surface area contributed by atoms with Gasteiger partial charge in [0.05, 0.1) is 11.3 Å². The molecule has 2 aliphatic heterocycles. The minimum Gasteiger partial charge on any atom is -0.336 e. The van der Waals surface area contributed by atoms with Gasteiger partial charge in [-0.3, -0.25) is 4.79 Å². The van der Waals surface area contributed by atoms with Gasteiger partial charge in [-0.1, -0.05) is 6.07 Å². The van der Waals surface area contributed by atoms with E-state index >= 15 is 0 Å². The lowest BCUT2D eigenvalue weighted by molar-refractivity contribution is -0.137. The first-order valence-corrected chi connectivity index (χ1v) is 8.69. The minimum atomic E-state index is -4.42. The third-order valence-corrected chi connectivity index (χ3v) is 5.06. The van der Waals surface area contributed by atoms with E-state index in [1.54, 1.807) is 11.0 Å². The molecule has 5 nitrogen and oxygen atoms in total. The standard InChI is InChI=1S/C18H19F3N4O.ClH/c19-18(20,21)12-2-1-3-15(10-12)25-9-7-16(23-25)17(26)24-8-6-13-4-5-14(11-24)22-13;/h1-3,7,9-10,13-14,22H,4-6,8,11H2;1H. The first-order valence-electron chi connectivity index (χ1n) is 8.69. The fraction of sp³-hybridized carbons (Fsp3) is 0.444. The van der Waals surface area contributed by atoms with Gasteiger partial charge in [0, 0.05) is 31.4 Å². The molecule has 9 heteroatoms. The molecule has 0 saturated carbocycles. The molecule has 2 saturated heterocycles. The number of fused-ring (bicyclic) bond motifs is 2. The van der Waals surface area contributed by atoms with Crippen molar-refractivity contribution in [2.75, 3.05) is 13.1 Å². The Labute approximate surface area is 160 Å². The smallest absolute Gasteiger partial charge is 0.336 e. The normalized spacial score (nSPS) is 22.3. The number of nitrogens with one attached hydrogen (secondary N) is 1. The summed E-state index contributed by atoms with van der Waals surface area (Å²) in [4.78, 5) is 14.5. The van der Waals surface area contributed by atoms with Crippen molar-refractivity contribution in [1.82, 2.24) is 20.0 Å². The predicted molar refractivity (Wildman–Crippen MR) is 96.3 cm³/mol. The summed E-state index contributed by atoms with van der Waals surface area (Å²) in [5.74, 6) is -0.176. The van der Waals surface area contributed by atoms with E-state index in [9.17, 15) is 18.0 Å². The Morgan fingerprint density at radius 1 is 1.15 bits per heavy atom. The summed E-state index contributed by atoms with van der Waals surface area (Å²) in [5.41, 5.74) is -0.219. The molecule has 2 atom stereocenters. The number of carbonyl (C=O) groups is 1. The molecule has 2 fully saturated rings. The summed E-state index contributed by atoms with van der Waals surface area (Å²) in [6.45, 7) is 1.31. The number of hydrogen-bond acceptors (Lipinski definition) is 3. The molecule has 1 aromatic carbocycles. The van der Waals surface area contributed by atoms with Crippen molar-refractivity contribution in [3.63, 3.8) is 0 Å². The number of carbonyl (C=O) groups excluding carboxylic acids is 1. The highest BCUT2D eigenvalue weighted by molar-refractivity contribution is 5.92. The van der Waals surface area contributed by atoms with Crippen molar-refractivity contribution in [2.45, 2.75) is 37.5 Å². The predicted octanol–water partition coefficient (Wildman–Crippen LogP) is 3.28. The Balaban J connectivity index is 0.00000210. The summed E-state index contributed by atoms with van der Waals surface area (Å²) in [7, 11) is 0. The number of aromatic nitrogens is 2. The fourth-order valence-electron chi connectivity index (χ4n) is 3.70. The van der Waals surface area contributed by atoms with Crippen molar-refractivity contribution in [3.8, 4) is 5.69 Å². The largest absolute Gasteiger partial charge is 0.416 e. The second-order valence-electron chi connectivity index (χ2n) is 6.87. The van der Waals surface area contributed by atoms with Crippen LogP contribution >= 0.6 is 12.4 Å². The van der Waals surface area contributed by atoms with Gasteiger partial charge in [0.25, 0.3) is 5.91 Å². The first-order chi connectivity index (χ1) is 12.4. The maximum atomic E-state index is 12.9. The summed E-state index contributed by atoms with van der Waals surface area (Å²) in [6, 6.07) is 7.25. The number of nitrogens with zero attached hydrogens (tertiary/aromatic N) is 3. The average molecular weight is 401 g/mol. The van der Waals surface area contributed by atoms with Crippen molar-refractivity contribution in [1.29, 1.82) is 0 Å². The van der Waals surface area contributed by atoms with E-state index < -0.39 is 11.7 Å². The monoisotopic (exact) mass is 400 g/mol. The first kappa shape index (κ1) is 19.7. The lowest BCUT2D eigenvalue weighted by atomic mass is 10.1. The summed E-state index contributed by atoms with van der Waals surface area (Å²) in [6.07, 6.45) is 0.228. The Morgan fingerprint density at radius 3 is 2.70 bits per heavy atom. The van der Waals surface area contributed by atoms with Crippen LogP contribution in [0.5, 0.6) is 0 Å². The van der Waals surface area contributed by atoms with Gasteiger partial charge in [-0.05, 0) is 43.5 Å². The molecule has 4 rings (SSSR count). The number of hydrogen-bond donors (Lipinski definition) is 1. The van der Waals surface area contributed by atoms with Crippen LogP contribution < -0.4 is 5.32 Å². The third kappa shape index (κ3) is 4.11. The highest BCUT2D eigenvalue weighted by atomic mass is 35.5. The second kappa shape index (κ2) is 7.52. The van der Waals surface area contributed by atoms with E-state index in [0.29, 0.717) is 25.2 Å². The number of likely N-dealkylation sites (tertiary alicyclic amines) is 1. The summed E-state index contributed by atoms with van der Waals surface area (Å²) >= 11 is 0. The molecule has 27 heavy (non-hydrogen) atoms. The molecule has 0 radical (unpaired) electrons. The molecule has 2 unspecified atom stereocenters. The summed E-state index contributed by atoms with van der Waals surface area (Å²) < 4.78 is 39.9. The molecule has 0 spiro atoms. The van der Waals surface area contributed by atoms with Crippen LogP contribution in [0.2, 0.25) is 0 Å². The van der Waals surface area contributed by atoms with Crippen LogP contribution in [-0.2, 0) is 6.18 Å². The zero-order valence-electron chi connectivity index (χ0n) is 14.4. The molecule has 0 aliphatic carbocycles. The van der Waals surface area contributed by atoms with Crippen LogP contribution in [0.15, 0.2) is 36.5 Å². The van der Waals surface area contributed by atoms with E-state index in [4.69, 9.17) is 0 Å². The van der Waals surface area contributed by atoms with E-state index in [2.05, 4.69) is 10.4 Å². The molecule has 2 aliphatic rings. The fourth-order valence-corrected chi connectivity index (χ4v) is 3.70. The maximum Gasteiger partial charge on any atom is 0.416 e. The number of alkyl halides is 3. The number of rotatable bonds is 2. The number of benzene rings is 1. The SMILES string of the molecule is Cl.O=C(c1ccn(-c2cccc(C(F)(F)F)c2)n1)N1CCC2CCC(C1)N2. The van der Waals surface area contributed by atoms with Crippen molar-refractivity contribution in [2.24, 2.45) is 0 Å². The van der Waals surface area contributed by atoms with Crippen molar-refractivity contribution in [3.05, 3.63) is 47.8 Å². The highest BCUT2D eigenvalue weighted by Gasteiger charge is 2.32. The number of amides is 1. The van der Waals surface area contributed by atoms with E-state index in [1.807, 2.05) is 0 Å². The topological polar surface area (TPSA) is 50.2 Å². The highest BCUT2D eigenvalue weighted by Crippen LogP contribution is 2.30. The molecule has 2 bridgehead atoms. The molecule has 2 aromatic rings. The van der Waals surface area contributed by atoms with Gasteiger partial charge in [-0.2, -0.15) is 18.3 Å². The van der Waals surface area contributed by atoms with Gasteiger partial charge in [0.2, 0.25) is 0 Å². The van der Waals surface area contributed by atoms with Gasteiger partial charge < -0.3 is 10.2 Å².